The van der Waals surface area contributed by atoms with E-state index in [0.29, 0.717) is 0 Å². The van der Waals surface area contributed by atoms with Gasteiger partial charge in [0.25, 0.3) is 0 Å². The highest BCUT2D eigenvalue weighted by Crippen LogP contribution is 2.09. The third-order valence-corrected chi connectivity index (χ3v) is 2.60. The van der Waals surface area contributed by atoms with E-state index in [0.717, 1.165) is 23.9 Å². The summed E-state index contributed by atoms with van der Waals surface area (Å²) in [6.07, 6.45) is 10.0. The van der Waals surface area contributed by atoms with E-state index in [9.17, 15) is 4.79 Å². The number of pyridine rings is 1. The van der Waals surface area contributed by atoms with Crippen LogP contribution in [-0.4, -0.2) is 34.8 Å². The van der Waals surface area contributed by atoms with Crippen LogP contribution in [0, 0.1) is 6.92 Å². The Morgan fingerprint density at radius 3 is 2.12 bits per heavy atom. The lowest BCUT2D eigenvalue weighted by atomic mass is 10.3. The Labute approximate surface area is 143 Å². The summed E-state index contributed by atoms with van der Waals surface area (Å²) in [5.74, 6) is 0. The molecule has 2 rings (SSSR count). The van der Waals surface area contributed by atoms with Crippen LogP contribution in [0.25, 0.3) is 12.2 Å². The number of carbonyl (C=O) groups is 2. The van der Waals surface area contributed by atoms with Crippen molar-refractivity contribution in [2.75, 3.05) is 7.05 Å². The van der Waals surface area contributed by atoms with Crippen molar-refractivity contribution in [1.82, 2.24) is 9.55 Å². The third-order valence-electron chi connectivity index (χ3n) is 2.60. The minimum Gasteiger partial charge on any atom is -0.516 e. The van der Waals surface area contributed by atoms with Crippen LogP contribution in [0.3, 0.4) is 0 Å². The van der Waals surface area contributed by atoms with Crippen molar-refractivity contribution in [3.63, 3.8) is 0 Å². The molecule has 0 saturated carbocycles. The summed E-state index contributed by atoms with van der Waals surface area (Å²) in [5.41, 5.74) is 7.51. The van der Waals surface area contributed by atoms with E-state index in [-0.39, 0.29) is 0 Å². The molecule has 0 aromatic carbocycles. The van der Waals surface area contributed by atoms with Gasteiger partial charge in [0.05, 0.1) is 6.26 Å². The predicted molar refractivity (Wildman–Crippen MR) is 98.4 cm³/mol. The number of aromatic nitrogens is 2. The summed E-state index contributed by atoms with van der Waals surface area (Å²) in [4.78, 5) is 22.0. The smallest absolute Gasteiger partial charge is 0.142 e. The molecule has 2 aromatic heterocycles. The molecule has 0 saturated heterocycles. The number of aliphatic hydroxyl groups is 1. The molecule has 24 heavy (non-hydrogen) atoms. The molecule has 0 aliphatic heterocycles. The summed E-state index contributed by atoms with van der Waals surface area (Å²) in [6, 6.07) is 7.68. The summed E-state index contributed by atoms with van der Waals surface area (Å²) >= 11 is 0. The van der Waals surface area contributed by atoms with Crippen molar-refractivity contribution in [2.24, 2.45) is 12.8 Å². The molecule has 0 aliphatic rings. The Morgan fingerprint density at radius 2 is 1.75 bits per heavy atom. The van der Waals surface area contributed by atoms with E-state index in [1.165, 1.54) is 18.7 Å². The van der Waals surface area contributed by atoms with Crippen LogP contribution in [0.5, 0.6) is 0 Å². The molecule has 6 nitrogen and oxygen atoms in total. The molecule has 0 bridgehead atoms. The van der Waals surface area contributed by atoms with Gasteiger partial charge in [0, 0.05) is 30.8 Å². The first-order valence-corrected chi connectivity index (χ1v) is 7.00. The molecule has 0 spiro atoms. The van der Waals surface area contributed by atoms with Crippen molar-refractivity contribution in [3.05, 3.63) is 65.9 Å². The predicted octanol–water partition coefficient (Wildman–Crippen LogP) is 2.55. The summed E-state index contributed by atoms with van der Waals surface area (Å²) in [6.45, 7) is 4.02. The molecule has 0 amide bonds. The number of allylic oxidation sites excluding steroid dienone is 1. The second kappa shape index (κ2) is 16.4. The molecule has 2 aromatic rings. The summed E-state index contributed by atoms with van der Waals surface area (Å²) in [7, 11) is 3.36. The third kappa shape index (κ3) is 9.86. The Balaban J connectivity index is 0. The van der Waals surface area contributed by atoms with Crippen molar-refractivity contribution >= 4 is 25.2 Å². The van der Waals surface area contributed by atoms with Gasteiger partial charge in [-0.15, -0.1) is 0 Å². The monoisotopic (exact) mass is 331 g/mol. The second-order valence-electron chi connectivity index (χ2n) is 4.08. The molecule has 2 heterocycles. The number of hydrogen-bond donors (Lipinski definition) is 2. The number of rotatable bonds is 3. The first kappa shape index (κ1) is 23.3. The Kier molecular flexibility index (Phi) is 15.9. The van der Waals surface area contributed by atoms with E-state index in [4.69, 9.17) is 9.90 Å². The summed E-state index contributed by atoms with van der Waals surface area (Å²) < 4.78 is 1.87. The first-order chi connectivity index (χ1) is 11.7. The SMILES string of the molecule is C=O.CN.Cc1cccnc1.Cn1c(/C=C/O)ccc1/C=C/C=O. The maximum Gasteiger partial charge on any atom is 0.142 e. The number of nitrogens with zero attached hydrogens (tertiary/aromatic N) is 2. The fraction of sp³-hybridized carbons (Fsp3) is 0.167. The van der Waals surface area contributed by atoms with Gasteiger partial charge >= 0.3 is 0 Å². The number of aldehydes is 1. The largest absolute Gasteiger partial charge is 0.516 e. The second-order valence-corrected chi connectivity index (χ2v) is 4.08. The van der Waals surface area contributed by atoms with Crippen molar-refractivity contribution in [2.45, 2.75) is 6.92 Å². The minimum absolute atomic E-state index is 0.731. The highest BCUT2D eigenvalue weighted by Gasteiger charge is 1.97. The average molecular weight is 331 g/mol. The lowest BCUT2D eigenvalue weighted by Crippen LogP contribution is -1.92. The molecule has 3 N–H and O–H groups in total. The fourth-order valence-corrected chi connectivity index (χ4v) is 1.54. The molecular weight excluding hydrogens is 306 g/mol. The van der Waals surface area contributed by atoms with Crippen molar-refractivity contribution < 1.29 is 14.7 Å². The Hall–Kier alpha value is -2.99. The van der Waals surface area contributed by atoms with Gasteiger partial charge in [0.2, 0.25) is 0 Å². The Bertz CT molecular complexity index is 605. The molecule has 0 unspecified atom stereocenters. The lowest BCUT2D eigenvalue weighted by molar-refractivity contribution is -0.104. The zero-order chi connectivity index (χ0) is 18.8. The van der Waals surface area contributed by atoms with Crippen molar-refractivity contribution in [3.8, 4) is 0 Å². The molecule has 0 atom stereocenters. The van der Waals surface area contributed by atoms with Crippen LogP contribution in [0.1, 0.15) is 17.0 Å². The van der Waals surface area contributed by atoms with Gasteiger partial charge in [-0.2, -0.15) is 0 Å². The topological polar surface area (TPSA) is 98.2 Å². The normalized spacial score (nSPS) is 9.17. The van der Waals surface area contributed by atoms with Crippen LogP contribution >= 0.6 is 0 Å². The maximum atomic E-state index is 10.1. The van der Waals surface area contributed by atoms with Crippen LogP contribution in [0.4, 0.5) is 0 Å². The average Bonchev–Trinajstić information content (AvgIpc) is 2.98. The van der Waals surface area contributed by atoms with Gasteiger partial charge in [0.1, 0.15) is 13.1 Å². The number of carbonyl (C=O) groups excluding carboxylic acids is 2. The van der Waals surface area contributed by atoms with Crippen LogP contribution in [0.2, 0.25) is 0 Å². The highest BCUT2D eigenvalue weighted by molar-refractivity contribution is 5.73. The number of aryl methyl sites for hydroxylation is 1. The molecule has 0 radical (unpaired) electrons. The van der Waals surface area contributed by atoms with Gasteiger partial charge in [-0.3, -0.25) is 9.78 Å². The van der Waals surface area contributed by atoms with Crippen molar-refractivity contribution in [1.29, 1.82) is 0 Å². The van der Waals surface area contributed by atoms with Crippen LogP contribution in [0.15, 0.2) is 49.0 Å². The zero-order valence-corrected chi connectivity index (χ0v) is 14.3. The lowest BCUT2D eigenvalue weighted by Gasteiger charge is -1.99. The molecule has 0 aliphatic carbocycles. The van der Waals surface area contributed by atoms with Crippen LogP contribution < -0.4 is 5.73 Å². The molecular formula is C18H25N3O3. The molecule has 6 heteroatoms. The van der Waals surface area contributed by atoms with E-state index >= 15 is 0 Å². The van der Waals surface area contributed by atoms with E-state index in [1.807, 2.05) is 55.8 Å². The van der Waals surface area contributed by atoms with Gasteiger partial charge in [-0.1, -0.05) is 6.07 Å². The highest BCUT2D eigenvalue weighted by atomic mass is 16.2. The van der Waals surface area contributed by atoms with E-state index < -0.39 is 0 Å². The number of aliphatic hydroxyl groups excluding tert-OH is 1. The molecule has 130 valence electrons. The first-order valence-electron chi connectivity index (χ1n) is 7.00. The van der Waals surface area contributed by atoms with Gasteiger partial charge in [-0.25, -0.2) is 0 Å². The minimum atomic E-state index is 0.731. The standard InChI is InChI=1S/C10H11NO2.C6H7N.CH5N.CH2O/c1-11-9(3-2-7-12)4-5-10(11)6-8-13;1-6-3-2-4-7-5-6;2*1-2/h2-8,13H,1H3;2-5H,1H3;2H2,1H3;1H2/b3-2+,8-6+;;;. The van der Waals surface area contributed by atoms with Gasteiger partial charge in [0.15, 0.2) is 0 Å². The fourth-order valence-electron chi connectivity index (χ4n) is 1.54. The number of nitrogens with two attached hydrogens (primary N) is 1. The summed E-state index contributed by atoms with van der Waals surface area (Å²) in [5, 5.41) is 8.56. The quantitative estimate of drug-likeness (QED) is 0.511. The van der Waals surface area contributed by atoms with E-state index in [2.05, 4.69) is 10.7 Å². The maximum absolute atomic E-state index is 10.1. The van der Waals surface area contributed by atoms with Crippen LogP contribution in [-0.2, 0) is 16.6 Å². The van der Waals surface area contributed by atoms with Gasteiger partial charge < -0.3 is 20.2 Å². The Morgan fingerprint density at radius 1 is 1.17 bits per heavy atom. The molecule has 0 fully saturated rings. The zero-order valence-electron chi connectivity index (χ0n) is 14.3. The number of hydrogen-bond acceptors (Lipinski definition) is 5. The van der Waals surface area contributed by atoms with E-state index in [1.54, 1.807) is 18.3 Å². The van der Waals surface area contributed by atoms with Gasteiger partial charge in [-0.05, 0) is 56.0 Å².